The molecule has 8 nitrogen and oxygen atoms in total. The number of aromatic nitrogens is 2. The largest absolute Gasteiger partial charge is 0.349 e. The van der Waals surface area contributed by atoms with Gasteiger partial charge in [-0.25, -0.2) is 4.98 Å². The first-order valence-electron chi connectivity index (χ1n) is 8.88. The molecule has 0 saturated carbocycles. The number of nitrogens with one attached hydrogen (secondary N) is 1. The fraction of sp³-hybridized carbons (Fsp3) is 0.150. The van der Waals surface area contributed by atoms with Crippen LogP contribution in [-0.2, 0) is 21.9 Å². The minimum Gasteiger partial charge on any atom is -0.349 e. The average molecular weight is 409 g/mol. The summed E-state index contributed by atoms with van der Waals surface area (Å²) in [6.07, 6.45) is 3.56. The summed E-state index contributed by atoms with van der Waals surface area (Å²) in [4.78, 5) is 18.5. The first kappa shape index (κ1) is 18.9. The summed E-state index contributed by atoms with van der Waals surface area (Å²) in [7, 11) is -0.185. The highest BCUT2D eigenvalue weighted by molar-refractivity contribution is 7.90. The van der Waals surface area contributed by atoms with Gasteiger partial charge >= 0.3 is 0 Å². The number of amidine groups is 1. The Kier molecular flexibility index (Phi) is 4.67. The molecule has 3 aromatic rings. The van der Waals surface area contributed by atoms with E-state index in [9.17, 15) is 13.2 Å². The van der Waals surface area contributed by atoms with E-state index >= 15 is 0 Å². The van der Waals surface area contributed by atoms with E-state index in [4.69, 9.17) is 0 Å². The van der Waals surface area contributed by atoms with Gasteiger partial charge in [0.1, 0.15) is 10.7 Å². The van der Waals surface area contributed by atoms with E-state index in [0.717, 1.165) is 11.4 Å². The van der Waals surface area contributed by atoms with Crippen LogP contribution in [0.15, 0.2) is 70.2 Å². The summed E-state index contributed by atoms with van der Waals surface area (Å²) in [6.45, 7) is -0.0463. The molecule has 29 heavy (non-hydrogen) atoms. The summed E-state index contributed by atoms with van der Waals surface area (Å²) in [5.74, 6) is 0.770. The number of carbonyl (C=O) groups excluding carboxylic acids is 1. The summed E-state index contributed by atoms with van der Waals surface area (Å²) < 4.78 is 30.1. The molecule has 0 fully saturated rings. The number of imidazole rings is 1. The number of amides is 1. The zero-order valence-corrected chi connectivity index (χ0v) is 16.7. The lowest BCUT2D eigenvalue weighted by Crippen LogP contribution is -2.34. The Morgan fingerprint density at radius 2 is 1.97 bits per heavy atom. The number of sulfonamides is 1. The van der Waals surface area contributed by atoms with Crippen LogP contribution in [0.4, 0.5) is 5.69 Å². The molecule has 0 aliphatic carbocycles. The minimum atomic E-state index is -3.72. The van der Waals surface area contributed by atoms with Crippen LogP contribution >= 0.6 is 0 Å². The molecule has 0 saturated heterocycles. The van der Waals surface area contributed by atoms with Gasteiger partial charge in [0.05, 0.1) is 6.54 Å². The van der Waals surface area contributed by atoms with Crippen molar-refractivity contribution >= 4 is 27.5 Å². The molecule has 148 valence electrons. The number of nitrogens with zero attached hydrogens (tertiary/aromatic N) is 4. The van der Waals surface area contributed by atoms with Crippen LogP contribution < -0.4 is 5.32 Å². The molecule has 2 heterocycles. The molecule has 0 bridgehead atoms. The predicted octanol–water partition coefficient (Wildman–Crippen LogP) is 2.11. The number of aryl methyl sites for hydroxylation is 1. The summed E-state index contributed by atoms with van der Waals surface area (Å²) in [5.41, 5.74) is 2.01. The van der Waals surface area contributed by atoms with E-state index in [2.05, 4.69) is 14.7 Å². The molecule has 0 spiro atoms. The Bertz CT molecular complexity index is 1230. The molecule has 1 aromatic heterocycles. The first-order chi connectivity index (χ1) is 13.8. The van der Waals surface area contributed by atoms with E-state index in [0.29, 0.717) is 11.3 Å². The molecule has 0 unspecified atom stereocenters. The van der Waals surface area contributed by atoms with Crippen LogP contribution in [0.25, 0.3) is 11.4 Å². The number of benzene rings is 2. The Morgan fingerprint density at radius 3 is 2.72 bits per heavy atom. The molecule has 0 radical (unpaired) electrons. The molecule has 1 aliphatic rings. The van der Waals surface area contributed by atoms with E-state index in [1.807, 2.05) is 36.0 Å². The number of hydrogen-bond acceptors (Lipinski definition) is 5. The lowest BCUT2D eigenvalue weighted by Gasteiger charge is -2.18. The maximum Gasteiger partial charge on any atom is 0.285 e. The molecule has 1 aliphatic heterocycles. The SMILES string of the molecule is CN(CC(=O)Nc1cccc(-c2nccn2C)c1)C1=NS(=O)(=O)c2ccccc21. The zero-order chi connectivity index (χ0) is 20.6. The highest BCUT2D eigenvalue weighted by Crippen LogP contribution is 2.27. The van der Waals surface area contributed by atoms with Crippen molar-refractivity contribution in [3.8, 4) is 11.4 Å². The Balaban J connectivity index is 1.49. The molecule has 1 N–H and O–H groups in total. The van der Waals surface area contributed by atoms with Gasteiger partial charge in [-0.3, -0.25) is 4.79 Å². The molecular weight excluding hydrogens is 390 g/mol. The highest BCUT2D eigenvalue weighted by Gasteiger charge is 2.30. The van der Waals surface area contributed by atoms with Gasteiger partial charge < -0.3 is 14.8 Å². The van der Waals surface area contributed by atoms with Crippen LogP contribution in [0.1, 0.15) is 5.56 Å². The average Bonchev–Trinajstić information content (AvgIpc) is 3.23. The predicted molar refractivity (Wildman–Crippen MR) is 110 cm³/mol. The first-order valence-corrected chi connectivity index (χ1v) is 10.3. The highest BCUT2D eigenvalue weighted by atomic mass is 32.2. The summed E-state index contributed by atoms with van der Waals surface area (Å²) >= 11 is 0. The maximum atomic E-state index is 12.5. The molecule has 2 aromatic carbocycles. The molecule has 4 rings (SSSR count). The number of rotatable bonds is 4. The smallest absolute Gasteiger partial charge is 0.285 e. The Hall–Kier alpha value is -3.46. The van der Waals surface area contributed by atoms with Crippen LogP contribution in [0.5, 0.6) is 0 Å². The van der Waals surface area contributed by atoms with E-state index < -0.39 is 10.0 Å². The van der Waals surface area contributed by atoms with Crippen LogP contribution in [0, 0.1) is 0 Å². The second-order valence-electron chi connectivity index (χ2n) is 6.73. The maximum absolute atomic E-state index is 12.5. The van der Waals surface area contributed by atoms with E-state index in [-0.39, 0.29) is 23.2 Å². The molecule has 1 amide bonds. The van der Waals surface area contributed by atoms with Gasteiger partial charge in [0.25, 0.3) is 10.0 Å². The monoisotopic (exact) mass is 409 g/mol. The van der Waals surface area contributed by atoms with Gasteiger partial charge in [0, 0.05) is 43.3 Å². The third-order valence-corrected chi connectivity index (χ3v) is 5.91. The topological polar surface area (TPSA) is 96.7 Å². The van der Waals surface area contributed by atoms with Crippen molar-refractivity contribution in [1.29, 1.82) is 0 Å². The second kappa shape index (κ2) is 7.17. The van der Waals surface area contributed by atoms with Crippen molar-refractivity contribution < 1.29 is 13.2 Å². The van der Waals surface area contributed by atoms with E-state index in [1.54, 1.807) is 37.5 Å². The van der Waals surface area contributed by atoms with Crippen LogP contribution in [0.3, 0.4) is 0 Å². The number of fused-ring (bicyclic) bond motifs is 1. The van der Waals surface area contributed by atoms with Crippen molar-refractivity contribution in [2.75, 3.05) is 18.9 Å². The van der Waals surface area contributed by atoms with Gasteiger partial charge in [0.2, 0.25) is 5.91 Å². The Labute approximate surface area is 168 Å². The van der Waals surface area contributed by atoms with Crippen molar-refractivity contribution in [1.82, 2.24) is 14.5 Å². The normalized spacial score (nSPS) is 14.2. The van der Waals surface area contributed by atoms with Crippen LogP contribution in [0.2, 0.25) is 0 Å². The second-order valence-corrected chi connectivity index (χ2v) is 8.31. The van der Waals surface area contributed by atoms with Gasteiger partial charge in [-0.2, -0.15) is 8.42 Å². The van der Waals surface area contributed by atoms with Gasteiger partial charge in [-0.05, 0) is 24.3 Å². The fourth-order valence-corrected chi connectivity index (χ4v) is 4.49. The third-order valence-electron chi connectivity index (χ3n) is 4.58. The van der Waals surface area contributed by atoms with Crippen molar-refractivity contribution in [3.63, 3.8) is 0 Å². The van der Waals surface area contributed by atoms with Crippen molar-refractivity contribution in [3.05, 3.63) is 66.5 Å². The molecular formula is C20H19N5O3S. The quantitative estimate of drug-likeness (QED) is 0.712. The zero-order valence-electron chi connectivity index (χ0n) is 15.9. The third kappa shape index (κ3) is 3.64. The lowest BCUT2D eigenvalue weighted by atomic mass is 10.2. The standard InChI is InChI=1S/C20H19N5O3S/c1-24-11-10-21-19(24)14-6-5-7-15(12-14)22-18(26)13-25(2)20-16-8-3-4-9-17(16)29(27,28)23-20/h3-12H,13H2,1-2H3,(H,22,26). The number of anilines is 1. The molecule has 9 heteroatoms. The summed E-state index contributed by atoms with van der Waals surface area (Å²) in [6, 6.07) is 14.0. The summed E-state index contributed by atoms with van der Waals surface area (Å²) in [5, 5.41) is 2.84. The van der Waals surface area contributed by atoms with Crippen molar-refractivity contribution in [2.24, 2.45) is 11.4 Å². The molecule has 0 atom stereocenters. The minimum absolute atomic E-state index is 0.0463. The van der Waals surface area contributed by atoms with Gasteiger partial charge in [0.15, 0.2) is 5.84 Å². The number of likely N-dealkylation sites (N-methyl/N-ethyl adjacent to an activating group) is 1. The van der Waals surface area contributed by atoms with Crippen molar-refractivity contribution in [2.45, 2.75) is 4.90 Å². The van der Waals surface area contributed by atoms with Gasteiger partial charge in [-0.15, -0.1) is 4.40 Å². The van der Waals surface area contributed by atoms with E-state index in [1.165, 1.54) is 11.0 Å². The van der Waals surface area contributed by atoms with Gasteiger partial charge in [-0.1, -0.05) is 24.3 Å². The number of carbonyl (C=O) groups is 1. The Morgan fingerprint density at radius 1 is 1.17 bits per heavy atom. The lowest BCUT2D eigenvalue weighted by molar-refractivity contribution is -0.116. The fourth-order valence-electron chi connectivity index (χ4n) is 3.23. The number of hydrogen-bond donors (Lipinski definition) is 1. The van der Waals surface area contributed by atoms with Crippen LogP contribution in [-0.4, -0.2) is 48.2 Å².